The molecule has 0 bridgehead atoms. The molecule has 3 N–H and O–H groups in total. The third-order valence-corrected chi connectivity index (χ3v) is 2.85. The number of carbonyl (C=O) groups excluding carboxylic acids is 1. The zero-order chi connectivity index (χ0) is 14.5. The second-order valence-corrected chi connectivity index (χ2v) is 4.27. The molecular weight excluding hydrogens is 262 g/mol. The number of hydrogen-bond donors (Lipinski definition) is 2. The molecule has 0 fully saturated rings. The maximum absolute atomic E-state index is 13.5. The van der Waals surface area contributed by atoms with Crippen LogP contribution >= 0.6 is 0 Å². The summed E-state index contributed by atoms with van der Waals surface area (Å²) in [7, 11) is 0. The van der Waals surface area contributed by atoms with Gasteiger partial charge < -0.3 is 11.1 Å². The van der Waals surface area contributed by atoms with Crippen molar-refractivity contribution in [2.24, 2.45) is 5.73 Å². The first-order chi connectivity index (χ1) is 9.61. The molecule has 3 nitrogen and oxygen atoms in total. The minimum atomic E-state index is -0.684. The van der Waals surface area contributed by atoms with Crippen molar-refractivity contribution in [1.29, 1.82) is 0 Å². The van der Waals surface area contributed by atoms with Gasteiger partial charge in [-0.1, -0.05) is 18.2 Å². The highest BCUT2D eigenvalue weighted by molar-refractivity contribution is 6.05. The second kappa shape index (κ2) is 6.25. The molecule has 20 heavy (non-hydrogen) atoms. The van der Waals surface area contributed by atoms with Crippen molar-refractivity contribution in [2.45, 2.75) is 6.42 Å². The van der Waals surface area contributed by atoms with Crippen molar-refractivity contribution in [1.82, 2.24) is 0 Å². The maximum Gasteiger partial charge on any atom is 0.256 e. The van der Waals surface area contributed by atoms with Gasteiger partial charge in [-0.3, -0.25) is 4.79 Å². The Labute approximate surface area is 115 Å². The van der Waals surface area contributed by atoms with Crippen LogP contribution in [-0.4, -0.2) is 12.5 Å². The quantitative estimate of drug-likeness (QED) is 0.902. The first-order valence-corrected chi connectivity index (χ1v) is 6.16. The molecular formula is C15H14F2N2O. The Morgan fingerprint density at radius 3 is 2.65 bits per heavy atom. The lowest BCUT2D eigenvalue weighted by Gasteiger charge is -2.10. The minimum absolute atomic E-state index is 0.183. The molecule has 0 saturated carbocycles. The number of nitrogens with two attached hydrogens (primary N) is 1. The zero-order valence-electron chi connectivity index (χ0n) is 10.7. The monoisotopic (exact) mass is 276 g/mol. The molecule has 2 rings (SSSR count). The number of benzene rings is 2. The van der Waals surface area contributed by atoms with E-state index in [9.17, 15) is 13.6 Å². The maximum atomic E-state index is 13.5. The van der Waals surface area contributed by atoms with Gasteiger partial charge in [-0.2, -0.15) is 0 Å². The van der Waals surface area contributed by atoms with Gasteiger partial charge in [-0.05, 0) is 36.7 Å². The van der Waals surface area contributed by atoms with E-state index in [1.54, 1.807) is 24.3 Å². The molecule has 0 radical (unpaired) electrons. The summed E-state index contributed by atoms with van der Waals surface area (Å²) >= 11 is 0. The summed E-state index contributed by atoms with van der Waals surface area (Å²) in [6.07, 6.45) is 0.537. The van der Waals surface area contributed by atoms with E-state index in [4.69, 9.17) is 5.73 Å². The highest BCUT2D eigenvalue weighted by Gasteiger charge is 2.13. The van der Waals surface area contributed by atoms with Crippen LogP contribution in [0.2, 0.25) is 0 Å². The first-order valence-electron chi connectivity index (χ1n) is 6.16. The third-order valence-electron chi connectivity index (χ3n) is 2.85. The molecule has 0 aliphatic heterocycles. The van der Waals surface area contributed by atoms with E-state index in [1.165, 1.54) is 0 Å². The Kier molecular flexibility index (Phi) is 4.42. The van der Waals surface area contributed by atoms with E-state index in [-0.39, 0.29) is 5.69 Å². The van der Waals surface area contributed by atoms with Crippen molar-refractivity contribution < 1.29 is 13.6 Å². The highest BCUT2D eigenvalue weighted by Crippen LogP contribution is 2.18. The van der Waals surface area contributed by atoms with E-state index >= 15 is 0 Å². The number of rotatable bonds is 4. The molecule has 0 aliphatic rings. The predicted octanol–water partition coefficient (Wildman–Crippen LogP) is 2.72. The number of anilines is 1. The van der Waals surface area contributed by atoms with Gasteiger partial charge in [0, 0.05) is 11.6 Å². The number of nitrogens with one attached hydrogen (secondary N) is 1. The predicted molar refractivity (Wildman–Crippen MR) is 73.5 cm³/mol. The Hall–Kier alpha value is -2.27. The van der Waals surface area contributed by atoms with Crippen molar-refractivity contribution in [2.75, 3.05) is 11.9 Å². The standard InChI is InChI=1S/C15H14F2N2O/c16-11-5-6-13(17)14(9-11)19-15(20)12-4-2-1-3-10(12)7-8-18/h1-6,9H,7-8,18H2,(H,19,20). The molecule has 2 aromatic carbocycles. The van der Waals surface area contributed by atoms with Crippen LogP contribution in [0.4, 0.5) is 14.5 Å². The smallest absolute Gasteiger partial charge is 0.256 e. The van der Waals surface area contributed by atoms with Gasteiger partial charge >= 0.3 is 0 Å². The molecule has 104 valence electrons. The van der Waals surface area contributed by atoms with Crippen LogP contribution in [0.5, 0.6) is 0 Å². The number of amides is 1. The summed E-state index contributed by atoms with van der Waals surface area (Å²) in [5.74, 6) is -1.79. The van der Waals surface area contributed by atoms with Crippen LogP contribution in [-0.2, 0) is 6.42 Å². The van der Waals surface area contributed by atoms with Crippen molar-refractivity contribution >= 4 is 11.6 Å². The van der Waals surface area contributed by atoms with E-state index in [1.807, 2.05) is 0 Å². The van der Waals surface area contributed by atoms with E-state index in [0.29, 0.717) is 18.5 Å². The summed E-state index contributed by atoms with van der Waals surface area (Å²) in [5, 5.41) is 2.37. The summed E-state index contributed by atoms with van der Waals surface area (Å²) in [6, 6.07) is 9.81. The molecule has 2 aromatic rings. The molecule has 0 atom stereocenters. The Morgan fingerprint density at radius 1 is 1.15 bits per heavy atom. The lowest BCUT2D eigenvalue weighted by molar-refractivity contribution is 0.102. The molecule has 0 aromatic heterocycles. The topological polar surface area (TPSA) is 55.1 Å². The van der Waals surface area contributed by atoms with E-state index in [0.717, 1.165) is 23.8 Å². The average Bonchev–Trinajstić information content (AvgIpc) is 2.44. The lowest BCUT2D eigenvalue weighted by atomic mass is 10.0. The van der Waals surface area contributed by atoms with Crippen LogP contribution in [0.1, 0.15) is 15.9 Å². The molecule has 0 aliphatic carbocycles. The summed E-state index contributed by atoms with van der Waals surface area (Å²) in [4.78, 5) is 12.1. The largest absolute Gasteiger partial charge is 0.330 e. The van der Waals surface area contributed by atoms with Crippen molar-refractivity contribution in [3.8, 4) is 0 Å². The van der Waals surface area contributed by atoms with Crippen molar-refractivity contribution in [3.63, 3.8) is 0 Å². The lowest BCUT2D eigenvalue weighted by Crippen LogP contribution is -2.16. The number of halogens is 2. The van der Waals surface area contributed by atoms with Crippen LogP contribution in [0.3, 0.4) is 0 Å². The van der Waals surface area contributed by atoms with Gasteiger partial charge in [0.15, 0.2) is 0 Å². The Morgan fingerprint density at radius 2 is 1.90 bits per heavy atom. The zero-order valence-corrected chi connectivity index (χ0v) is 10.7. The molecule has 5 heteroatoms. The molecule has 0 unspecified atom stereocenters. The fraction of sp³-hybridized carbons (Fsp3) is 0.133. The third kappa shape index (κ3) is 3.19. The Balaban J connectivity index is 2.26. The van der Waals surface area contributed by atoms with Crippen LogP contribution in [0.25, 0.3) is 0 Å². The van der Waals surface area contributed by atoms with Crippen LogP contribution in [0.15, 0.2) is 42.5 Å². The Bertz CT molecular complexity index is 629. The first kappa shape index (κ1) is 14.1. The highest BCUT2D eigenvalue weighted by atomic mass is 19.1. The summed E-state index contributed by atoms with van der Waals surface area (Å²) < 4.78 is 26.6. The van der Waals surface area contributed by atoms with Gasteiger partial charge in [0.1, 0.15) is 11.6 Å². The number of carbonyl (C=O) groups is 1. The normalized spacial score (nSPS) is 10.3. The fourth-order valence-electron chi connectivity index (χ4n) is 1.90. The summed E-state index contributed by atoms with van der Waals surface area (Å²) in [6.45, 7) is 0.401. The van der Waals surface area contributed by atoms with Crippen molar-refractivity contribution in [3.05, 3.63) is 65.2 Å². The van der Waals surface area contributed by atoms with Gasteiger partial charge in [-0.25, -0.2) is 8.78 Å². The number of hydrogen-bond acceptors (Lipinski definition) is 2. The molecule has 0 spiro atoms. The van der Waals surface area contributed by atoms with Crippen LogP contribution < -0.4 is 11.1 Å². The second-order valence-electron chi connectivity index (χ2n) is 4.27. The minimum Gasteiger partial charge on any atom is -0.330 e. The van der Waals surface area contributed by atoms with E-state index in [2.05, 4.69) is 5.32 Å². The van der Waals surface area contributed by atoms with E-state index < -0.39 is 17.5 Å². The molecule has 1 amide bonds. The summed E-state index contributed by atoms with van der Waals surface area (Å²) in [5.41, 5.74) is 6.47. The average molecular weight is 276 g/mol. The van der Waals surface area contributed by atoms with Gasteiger partial charge in [0.05, 0.1) is 5.69 Å². The molecule has 0 heterocycles. The van der Waals surface area contributed by atoms with Gasteiger partial charge in [-0.15, -0.1) is 0 Å². The molecule has 0 saturated heterocycles. The SMILES string of the molecule is NCCc1ccccc1C(=O)Nc1cc(F)ccc1F. The van der Waals surface area contributed by atoms with Crippen LogP contribution in [0, 0.1) is 11.6 Å². The van der Waals surface area contributed by atoms with Gasteiger partial charge in [0.25, 0.3) is 5.91 Å². The fourth-order valence-corrected chi connectivity index (χ4v) is 1.90. The van der Waals surface area contributed by atoms with Gasteiger partial charge in [0.2, 0.25) is 0 Å².